The van der Waals surface area contributed by atoms with Crippen molar-refractivity contribution in [3.05, 3.63) is 16.1 Å². The van der Waals surface area contributed by atoms with Gasteiger partial charge in [0.25, 0.3) is 0 Å². The summed E-state index contributed by atoms with van der Waals surface area (Å²) in [4.78, 5) is 4.29. The molecule has 0 spiro atoms. The zero-order valence-electron chi connectivity index (χ0n) is 9.15. The van der Waals surface area contributed by atoms with Gasteiger partial charge in [0.05, 0.1) is 5.69 Å². The van der Waals surface area contributed by atoms with E-state index in [1.165, 1.54) is 17.6 Å². The molecular weight excluding hydrogens is 232 g/mol. The first-order valence-corrected chi connectivity index (χ1v) is 7.72. The van der Waals surface area contributed by atoms with Crippen LogP contribution in [-0.4, -0.2) is 26.2 Å². The Morgan fingerprint density at radius 3 is 2.80 bits per heavy atom. The molecule has 0 aliphatic carbocycles. The van der Waals surface area contributed by atoms with Gasteiger partial charge in [0.2, 0.25) is 0 Å². The van der Waals surface area contributed by atoms with Gasteiger partial charge in [-0.05, 0) is 13.5 Å². The summed E-state index contributed by atoms with van der Waals surface area (Å²) in [6.45, 7) is 4.92. The van der Waals surface area contributed by atoms with Crippen LogP contribution in [0.2, 0.25) is 0 Å². The maximum absolute atomic E-state index is 11.1. The molecule has 1 heterocycles. The smallest absolute Gasteiger partial charge is 0.153 e. The van der Waals surface area contributed by atoms with Crippen molar-refractivity contribution in [2.45, 2.75) is 25.6 Å². The Bertz CT molecular complexity index is 412. The molecule has 0 aliphatic rings. The first-order chi connectivity index (χ1) is 6.92. The van der Waals surface area contributed by atoms with Gasteiger partial charge in [-0.3, -0.25) is 0 Å². The van der Waals surface area contributed by atoms with E-state index in [2.05, 4.69) is 10.3 Å². The second kappa shape index (κ2) is 5.05. The maximum atomic E-state index is 11.1. The van der Waals surface area contributed by atoms with Crippen molar-refractivity contribution in [2.24, 2.45) is 0 Å². The summed E-state index contributed by atoms with van der Waals surface area (Å²) < 4.78 is 22.1. The van der Waals surface area contributed by atoms with Crippen LogP contribution in [0, 0.1) is 0 Å². The number of thiazole rings is 1. The van der Waals surface area contributed by atoms with E-state index >= 15 is 0 Å². The first-order valence-electron chi connectivity index (χ1n) is 4.77. The summed E-state index contributed by atoms with van der Waals surface area (Å²) in [5.41, 5.74) is 0.917. The predicted octanol–water partition coefficient (Wildman–Crippen LogP) is 1.36. The first kappa shape index (κ1) is 12.6. The van der Waals surface area contributed by atoms with E-state index in [9.17, 15) is 8.42 Å². The zero-order chi connectivity index (χ0) is 11.5. The molecule has 0 radical (unpaired) electrons. The van der Waals surface area contributed by atoms with Crippen LogP contribution in [0.15, 0.2) is 5.38 Å². The normalized spacial score (nSPS) is 14.1. The minimum atomic E-state index is -2.97. The number of aromatic nitrogens is 1. The Hall–Kier alpha value is -0.460. The molecule has 0 aliphatic heterocycles. The maximum Gasteiger partial charge on any atom is 0.153 e. The molecule has 0 saturated heterocycles. The fourth-order valence-corrected chi connectivity index (χ4v) is 3.32. The van der Waals surface area contributed by atoms with Crippen LogP contribution in [0.3, 0.4) is 0 Å². The average Bonchev–Trinajstić information content (AvgIpc) is 2.50. The largest absolute Gasteiger partial charge is 0.309 e. The Morgan fingerprint density at radius 2 is 2.27 bits per heavy atom. The molecule has 0 saturated carbocycles. The van der Waals surface area contributed by atoms with Crippen LogP contribution in [0.4, 0.5) is 0 Å². The fourth-order valence-electron chi connectivity index (χ4n) is 1.23. The molecule has 4 nitrogen and oxygen atoms in total. The van der Waals surface area contributed by atoms with Gasteiger partial charge in [-0.15, -0.1) is 11.3 Å². The van der Waals surface area contributed by atoms with Crippen LogP contribution in [0.25, 0.3) is 0 Å². The predicted molar refractivity (Wildman–Crippen MR) is 62.8 cm³/mol. The SMILES string of the molecule is CCNC(C)c1csc(CS(C)(=O)=O)n1. The molecule has 0 aromatic carbocycles. The summed E-state index contributed by atoms with van der Waals surface area (Å²) in [7, 11) is -2.97. The molecule has 1 unspecified atom stereocenters. The Morgan fingerprint density at radius 1 is 1.60 bits per heavy atom. The van der Waals surface area contributed by atoms with E-state index in [-0.39, 0.29) is 11.8 Å². The number of nitrogens with zero attached hydrogens (tertiary/aromatic N) is 1. The third-order valence-electron chi connectivity index (χ3n) is 1.91. The summed E-state index contributed by atoms with van der Waals surface area (Å²) >= 11 is 1.40. The average molecular weight is 248 g/mol. The van der Waals surface area contributed by atoms with E-state index in [1.807, 2.05) is 19.2 Å². The van der Waals surface area contributed by atoms with Crippen LogP contribution in [-0.2, 0) is 15.6 Å². The van der Waals surface area contributed by atoms with Crippen molar-refractivity contribution in [3.63, 3.8) is 0 Å². The van der Waals surface area contributed by atoms with Crippen molar-refractivity contribution >= 4 is 21.2 Å². The molecule has 1 aromatic heterocycles. The van der Waals surface area contributed by atoms with Gasteiger partial charge in [-0.25, -0.2) is 13.4 Å². The summed E-state index contributed by atoms with van der Waals surface area (Å²) in [5.74, 6) is 0.0382. The lowest BCUT2D eigenvalue weighted by Crippen LogP contribution is -2.18. The van der Waals surface area contributed by atoms with Gasteiger partial charge < -0.3 is 5.32 Å². The van der Waals surface area contributed by atoms with E-state index in [0.717, 1.165) is 12.2 Å². The van der Waals surface area contributed by atoms with E-state index < -0.39 is 9.84 Å². The number of hydrogen-bond acceptors (Lipinski definition) is 5. The van der Waals surface area contributed by atoms with Gasteiger partial charge in [0.1, 0.15) is 10.8 Å². The van der Waals surface area contributed by atoms with E-state index in [1.54, 1.807) is 0 Å². The van der Waals surface area contributed by atoms with E-state index in [0.29, 0.717) is 5.01 Å². The van der Waals surface area contributed by atoms with Crippen LogP contribution in [0.1, 0.15) is 30.6 Å². The number of rotatable bonds is 5. The summed E-state index contributed by atoms with van der Waals surface area (Å²) in [6, 6.07) is 0.180. The Labute approximate surface area is 94.7 Å². The van der Waals surface area contributed by atoms with Crippen LogP contribution in [0.5, 0.6) is 0 Å². The molecule has 6 heteroatoms. The fraction of sp³-hybridized carbons (Fsp3) is 0.667. The highest BCUT2D eigenvalue weighted by molar-refractivity contribution is 7.90. The molecule has 15 heavy (non-hydrogen) atoms. The number of sulfone groups is 1. The lowest BCUT2D eigenvalue weighted by atomic mass is 10.2. The molecule has 1 atom stereocenters. The van der Waals surface area contributed by atoms with Crippen molar-refractivity contribution < 1.29 is 8.42 Å². The Kier molecular flexibility index (Phi) is 4.24. The number of nitrogens with one attached hydrogen (secondary N) is 1. The van der Waals surface area contributed by atoms with Gasteiger partial charge >= 0.3 is 0 Å². The molecule has 1 N–H and O–H groups in total. The van der Waals surface area contributed by atoms with Crippen LogP contribution < -0.4 is 5.32 Å². The van der Waals surface area contributed by atoms with Gasteiger partial charge in [0.15, 0.2) is 9.84 Å². The standard InChI is InChI=1S/C9H16N2O2S2/c1-4-10-7(2)8-5-14-9(11-8)6-15(3,12)13/h5,7,10H,4,6H2,1-3H3. The van der Waals surface area contributed by atoms with Crippen LogP contribution >= 0.6 is 11.3 Å². The monoisotopic (exact) mass is 248 g/mol. The minimum absolute atomic E-state index is 0.0382. The van der Waals surface area contributed by atoms with E-state index in [4.69, 9.17) is 0 Å². The van der Waals surface area contributed by atoms with Gasteiger partial charge in [0, 0.05) is 17.7 Å². The van der Waals surface area contributed by atoms with Crippen molar-refractivity contribution in [1.29, 1.82) is 0 Å². The molecule has 0 fully saturated rings. The Balaban J connectivity index is 2.72. The molecule has 1 aromatic rings. The molecule has 0 bridgehead atoms. The van der Waals surface area contributed by atoms with Crippen molar-refractivity contribution in [1.82, 2.24) is 10.3 Å². The minimum Gasteiger partial charge on any atom is -0.309 e. The highest BCUT2D eigenvalue weighted by Gasteiger charge is 2.12. The van der Waals surface area contributed by atoms with Gasteiger partial charge in [-0.1, -0.05) is 6.92 Å². The molecular formula is C9H16N2O2S2. The second-order valence-corrected chi connectivity index (χ2v) is 6.60. The lowest BCUT2D eigenvalue weighted by Gasteiger charge is -2.07. The topological polar surface area (TPSA) is 59.1 Å². The third kappa shape index (κ3) is 4.27. The molecule has 86 valence electrons. The zero-order valence-corrected chi connectivity index (χ0v) is 10.8. The highest BCUT2D eigenvalue weighted by atomic mass is 32.2. The molecule has 1 rings (SSSR count). The number of hydrogen-bond donors (Lipinski definition) is 1. The summed E-state index contributed by atoms with van der Waals surface area (Å²) in [6.07, 6.45) is 1.22. The highest BCUT2D eigenvalue weighted by Crippen LogP contribution is 2.17. The van der Waals surface area contributed by atoms with Crippen molar-refractivity contribution in [2.75, 3.05) is 12.8 Å². The second-order valence-electron chi connectivity index (χ2n) is 3.52. The molecule has 0 amide bonds. The quantitative estimate of drug-likeness (QED) is 0.854. The third-order valence-corrected chi connectivity index (χ3v) is 3.76. The lowest BCUT2D eigenvalue weighted by molar-refractivity contribution is 0.584. The summed E-state index contributed by atoms with van der Waals surface area (Å²) in [5, 5.41) is 5.81. The van der Waals surface area contributed by atoms with Gasteiger partial charge in [-0.2, -0.15) is 0 Å². The van der Waals surface area contributed by atoms with Crippen molar-refractivity contribution in [3.8, 4) is 0 Å².